The third kappa shape index (κ3) is 10.1. The molecule has 8 unspecified atom stereocenters. The molecule has 0 aliphatic rings. The van der Waals surface area contributed by atoms with Crippen LogP contribution in [0.25, 0.3) is 0 Å². The summed E-state index contributed by atoms with van der Waals surface area (Å²) in [5.41, 5.74) is 0. The van der Waals surface area contributed by atoms with E-state index in [2.05, 4.69) is 96.9 Å². The van der Waals surface area contributed by atoms with Crippen molar-refractivity contribution in [2.24, 2.45) is 71.0 Å². The molecule has 0 aromatic rings. The van der Waals surface area contributed by atoms with Crippen molar-refractivity contribution < 1.29 is 0 Å². The molecule has 0 nitrogen and oxygen atoms in total. The van der Waals surface area contributed by atoms with Crippen LogP contribution in [0.5, 0.6) is 0 Å². The van der Waals surface area contributed by atoms with Gasteiger partial charge < -0.3 is 0 Å². The monoisotopic (exact) mass is 451 g/mol. The smallest absolute Gasteiger partial charge is 0.0332 e. The number of hydrogen-bond acceptors (Lipinski definition) is 0. The zero-order valence-corrected chi connectivity index (χ0v) is 25.2. The average Bonchev–Trinajstić information content (AvgIpc) is 2.71. The molecule has 0 aliphatic carbocycles. The van der Waals surface area contributed by atoms with Crippen LogP contribution >= 0.6 is 0 Å². The van der Waals surface area contributed by atoms with Gasteiger partial charge in [-0.25, -0.2) is 0 Å². The van der Waals surface area contributed by atoms with Crippen LogP contribution < -0.4 is 0 Å². The van der Waals surface area contributed by atoms with E-state index >= 15 is 0 Å². The number of hydrogen-bond donors (Lipinski definition) is 0. The minimum absolute atomic E-state index is 0.788. The maximum Gasteiger partial charge on any atom is -0.0332 e. The van der Waals surface area contributed by atoms with E-state index < -0.39 is 0 Å². The second-order valence-electron chi connectivity index (χ2n) is 13.4. The molecule has 0 radical (unpaired) electrons. The Morgan fingerprint density at radius 2 is 0.969 bits per heavy atom. The molecule has 0 spiro atoms. The fourth-order valence-corrected chi connectivity index (χ4v) is 6.89. The number of rotatable bonds is 17. The van der Waals surface area contributed by atoms with Gasteiger partial charge in [0.2, 0.25) is 0 Å². The van der Waals surface area contributed by atoms with Gasteiger partial charge in [-0.05, 0) is 83.9 Å². The summed E-state index contributed by atoms with van der Waals surface area (Å²) in [4.78, 5) is 0. The molecule has 0 amide bonds. The Bertz CT molecular complexity index is 445. The molecule has 32 heavy (non-hydrogen) atoms. The lowest BCUT2D eigenvalue weighted by atomic mass is 9.64. The highest BCUT2D eigenvalue weighted by Gasteiger charge is 2.35. The summed E-state index contributed by atoms with van der Waals surface area (Å²) < 4.78 is 0. The quantitative estimate of drug-likeness (QED) is 0.206. The minimum atomic E-state index is 0.788. The van der Waals surface area contributed by atoms with E-state index in [1.54, 1.807) is 0 Å². The summed E-state index contributed by atoms with van der Waals surface area (Å²) in [5, 5.41) is 0. The van der Waals surface area contributed by atoms with Gasteiger partial charge >= 0.3 is 0 Å². The Kier molecular flexibility index (Phi) is 15.8. The summed E-state index contributed by atoms with van der Waals surface area (Å²) in [6, 6.07) is 0. The van der Waals surface area contributed by atoms with Crippen molar-refractivity contribution in [3.8, 4) is 0 Å². The lowest BCUT2D eigenvalue weighted by Crippen LogP contribution is -2.34. The van der Waals surface area contributed by atoms with Gasteiger partial charge in [-0.3, -0.25) is 0 Å². The largest absolute Gasteiger partial charge is 0.0651 e. The second kappa shape index (κ2) is 15.8. The van der Waals surface area contributed by atoms with Gasteiger partial charge in [0, 0.05) is 0 Å². The Balaban J connectivity index is 5.42. The molecular weight excluding hydrogens is 384 g/mol. The second-order valence-corrected chi connectivity index (χ2v) is 13.4. The first-order valence-electron chi connectivity index (χ1n) is 14.8. The molecule has 0 aliphatic heterocycles. The molecule has 0 aromatic carbocycles. The Labute approximate surface area is 206 Å². The van der Waals surface area contributed by atoms with Crippen molar-refractivity contribution in [3.05, 3.63) is 0 Å². The lowest BCUT2D eigenvalue weighted by molar-refractivity contribution is 0.0808. The summed E-state index contributed by atoms with van der Waals surface area (Å²) in [5.74, 6) is 10.0. The Hall–Kier alpha value is 0. The average molecular weight is 451 g/mol. The SMILES string of the molecule is CCC(C)C(C(C)CCCC(C(C)C)C(CC(C)C)C(C)C(C)C)C(CC)C(C)C(C)C. The molecule has 0 saturated heterocycles. The van der Waals surface area contributed by atoms with E-state index in [0.29, 0.717) is 0 Å². The molecule has 0 bridgehead atoms. The van der Waals surface area contributed by atoms with Crippen LogP contribution in [0.15, 0.2) is 0 Å². The summed E-state index contributed by atoms with van der Waals surface area (Å²) >= 11 is 0. The normalized spacial score (nSPS) is 20.4. The standard InChI is InChI=1S/C32H66/c1-15-25(11)32(29(16-2)27(13)22(5)6)26(12)18-17-19-30(24(9)10)31(20-21(3)4)28(14)23(7)8/h21-32H,15-20H2,1-14H3. The molecule has 194 valence electrons. The van der Waals surface area contributed by atoms with Gasteiger partial charge in [0.05, 0.1) is 0 Å². The van der Waals surface area contributed by atoms with Gasteiger partial charge in [0.15, 0.2) is 0 Å². The van der Waals surface area contributed by atoms with Gasteiger partial charge in [0.25, 0.3) is 0 Å². The molecular formula is C32H66. The highest BCUT2D eigenvalue weighted by Crippen LogP contribution is 2.43. The van der Waals surface area contributed by atoms with Gasteiger partial charge in [0.1, 0.15) is 0 Å². The molecule has 0 heterocycles. The Morgan fingerprint density at radius 3 is 1.34 bits per heavy atom. The fourth-order valence-electron chi connectivity index (χ4n) is 6.89. The van der Waals surface area contributed by atoms with Crippen molar-refractivity contribution in [3.63, 3.8) is 0 Å². The van der Waals surface area contributed by atoms with Crippen LogP contribution in [-0.2, 0) is 0 Å². The molecule has 0 heteroatoms. The van der Waals surface area contributed by atoms with E-state index in [0.717, 1.165) is 71.0 Å². The topological polar surface area (TPSA) is 0 Å². The third-order valence-electron chi connectivity index (χ3n) is 9.72. The zero-order chi connectivity index (χ0) is 25.2. The van der Waals surface area contributed by atoms with E-state index in [-0.39, 0.29) is 0 Å². The molecule has 8 atom stereocenters. The Morgan fingerprint density at radius 1 is 0.469 bits per heavy atom. The summed E-state index contributed by atoms with van der Waals surface area (Å²) in [6.07, 6.45) is 8.34. The molecule has 0 saturated carbocycles. The van der Waals surface area contributed by atoms with E-state index in [4.69, 9.17) is 0 Å². The van der Waals surface area contributed by atoms with Crippen molar-refractivity contribution in [2.45, 2.75) is 135 Å². The maximum absolute atomic E-state index is 2.60. The van der Waals surface area contributed by atoms with Crippen LogP contribution in [0.1, 0.15) is 135 Å². The summed E-state index contributed by atoms with van der Waals surface area (Å²) in [7, 11) is 0. The first-order valence-corrected chi connectivity index (χ1v) is 14.8. The van der Waals surface area contributed by atoms with Crippen LogP contribution in [0.4, 0.5) is 0 Å². The van der Waals surface area contributed by atoms with E-state index in [9.17, 15) is 0 Å². The van der Waals surface area contributed by atoms with Crippen molar-refractivity contribution in [2.75, 3.05) is 0 Å². The van der Waals surface area contributed by atoms with Gasteiger partial charge in [-0.2, -0.15) is 0 Å². The van der Waals surface area contributed by atoms with Crippen molar-refractivity contribution in [1.82, 2.24) is 0 Å². The van der Waals surface area contributed by atoms with Crippen LogP contribution in [0.2, 0.25) is 0 Å². The van der Waals surface area contributed by atoms with E-state index in [1.165, 1.54) is 38.5 Å². The molecule has 0 fully saturated rings. The zero-order valence-electron chi connectivity index (χ0n) is 25.2. The van der Waals surface area contributed by atoms with Crippen LogP contribution in [-0.4, -0.2) is 0 Å². The highest BCUT2D eigenvalue weighted by molar-refractivity contribution is 4.84. The highest BCUT2D eigenvalue weighted by atomic mass is 14.4. The van der Waals surface area contributed by atoms with Gasteiger partial charge in [-0.15, -0.1) is 0 Å². The molecule has 0 N–H and O–H groups in total. The van der Waals surface area contributed by atoms with E-state index in [1.807, 2.05) is 0 Å². The predicted octanol–water partition coefficient (Wildman–Crippen LogP) is 11.0. The predicted molar refractivity (Wildman–Crippen MR) is 149 cm³/mol. The summed E-state index contributed by atoms with van der Waals surface area (Å²) in [6.45, 7) is 34.6. The first-order chi connectivity index (χ1) is 14.8. The molecule has 0 aromatic heterocycles. The maximum atomic E-state index is 2.60. The third-order valence-corrected chi connectivity index (χ3v) is 9.72. The first kappa shape index (κ1) is 32.0. The molecule has 0 rings (SSSR count). The van der Waals surface area contributed by atoms with Crippen molar-refractivity contribution in [1.29, 1.82) is 0 Å². The van der Waals surface area contributed by atoms with Gasteiger partial charge in [-0.1, -0.05) is 123 Å². The van der Waals surface area contributed by atoms with Crippen molar-refractivity contribution >= 4 is 0 Å². The van der Waals surface area contributed by atoms with Crippen LogP contribution in [0, 0.1) is 71.0 Å². The fraction of sp³-hybridized carbons (Fsp3) is 1.00. The minimum Gasteiger partial charge on any atom is -0.0651 e. The lowest BCUT2D eigenvalue weighted by Gasteiger charge is -2.41. The van der Waals surface area contributed by atoms with Crippen LogP contribution in [0.3, 0.4) is 0 Å².